The van der Waals surface area contributed by atoms with Crippen LogP contribution >= 0.6 is 11.6 Å². The van der Waals surface area contributed by atoms with Gasteiger partial charge in [-0.05, 0) is 6.07 Å². The van der Waals surface area contributed by atoms with Gasteiger partial charge in [0.2, 0.25) is 0 Å². The lowest BCUT2D eigenvalue weighted by atomic mass is 10.1. The highest BCUT2D eigenvalue weighted by Gasteiger charge is 2.38. The Kier molecular flexibility index (Phi) is 4.03. The Labute approximate surface area is 122 Å². The molecule has 3 nitrogen and oxygen atoms in total. The van der Waals surface area contributed by atoms with Gasteiger partial charge in [0, 0.05) is 16.1 Å². The van der Waals surface area contributed by atoms with Gasteiger partial charge in [0.25, 0.3) is 0 Å². The summed E-state index contributed by atoms with van der Waals surface area (Å²) in [4.78, 5) is 0. The Hall–Kier alpha value is -1.39. The summed E-state index contributed by atoms with van der Waals surface area (Å²) in [6, 6.07) is 17.1. The van der Waals surface area contributed by atoms with Gasteiger partial charge in [-0.1, -0.05) is 60.1 Å². The Morgan fingerprint density at radius 1 is 0.950 bits per heavy atom. The van der Waals surface area contributed by atoms with Crippen LogP contribution in [-0.4, -0.2) is 17.8 Å². The van der Waals surface area contributed by atoms with Gasteiger partial charge >= 0.3 is 0 Å². The largest absolute Gasteiger partial charge is 0.394 e. The third kappa shape index (κ3) is 2.58. The fraction of sp³-hybridized carbons (Fsp3) is 0.250. The molecule has 1 saturated heterocycles. The molecule has 0 bridgehead atoms. The molecule has 1 aliphatic rings. The number of aliphatic hydroxyl groups is 1. The van der Waals surface area contributed by atoms with E-state index in [1.807, 2.05) is 54.6 Å². The summed E-state index contributed by atoms with van der Waals surface area (Å²) in [5, 5.41) is 10.1. The van der Waals surface area contributed by atoms with Crippen LogP contribution in [0.15, 0.2) is 54.6 Å². The summed E-state index contributed by atoms with van der Waals surface area (Å²) >= 11 is 6.20. The second-order valence-corrected chi connectivity index (χ2v) is 5.09. The van der Waals surface area contributed by atoms with Crippen molar-refractivity contribution in [1.82, 2.24) is 0 Å². The number of benzene rings is 2. The fourth-order valence-electron chi connectivity index (χ4n) is 2.37. The maximum absolute atomic E-state index is 9.51. The average Bonchev–Trinajstić information content (AvgIpc) is 2.93. The fourth-order valence-corrected chi connectivity index (χ4v) is 2.61. The normalized spacial score (nSPS) is 25.8. The van der Waals surface area contributed by atoms with Crippen molar-refractivity contribution in [3.63, 3.8) is 0 Å². The minimum Gasteiger partial charge on any atom is -0.394 e. The van der Waals surface area contributed by atoms with E-state index < -0.39 is 12.4 Å². The Morgan fingerprint density at radius 3 is 2.35 bits per heavy atom. The van der Waals surface area contributed by atoms with Gasteiger partial charge in [0.15, 0.2) is 6.29 Å². The maximum Gasteiger partial charge on any atom is 0.185 e. The zero-order valence-electron chi connectivity index (χ0n) is 10.8. The van der Waals surface area contributed by atoms with Crippen LogP contribution in [0.25, 0.3) is 0 Å². The Balaban J connectivity index is 1.87. The minimum absolute atomic E-state index is 0.112. The number of ether oxygens (including phenoxy) is 2. The van der Waals surface area contributed by atoms with Crippen LogP contribution < -0.4 is 0 Å². The first-order chi connectivity index (χ1) is 9.79. The molecule has 1 N–H and O–H groups in total. The van der Waals surface area contributed by atoms with Crippen molar-refractivity contribution in [2.45, 2.75) is 18.5 Å². The first kappa shape index (κ1) is 13.6. The lowest BCUT2D eigenvalue weighted by Crippen LogP contribution is -2.19. The SMILES string of the molecule is OC[C@@H]1OC(c2ccccc2)O[C@@H]1c1ccccc1Cl. The maximum atomic E-state index is 9.51. The van der Waals surface area contributed by atoms with Crippen molar-refractivity contribution in [3.05, 3.63) is 70.7 Å². The van der Waals surface area contributed by atoms with E-state index in [1.54, 1.807) is 0 Å². The average molecular weight is 291 g/mol. The predicted molar refractivity (Wildman–Crippen MR) is 76.4 cm³/mol. The first-order valence-electron chi connectivity index (χ1n) is 6.50. The van der Waals surface area contributed by atoms with E-state index in [2.05, 4.69) is 0 Å². The summed E-state index contributed by atoms with van der Waals surface area (Å²) in [7, 11) is 0. The van der Waals surface area contributed by atoms with Crippen molar-refractivity contribution in [2.24, 2.45) is 0 Å². The minimum atomic E-state index is -0.477. The first-order valence-corrected chi connectivity index (χ1v) is 6.88. The molecule has 0 radical (unpaired) electrons. The van der Waals surface area contributed by atoms with Gasteiger partial charge in [0.05, 0.1) is 6.61 Å². The zero-order valence-corrected chi connectivity index (χ0v) is 11.5. The van der Waals surface area contributed by atoms with E-state index in [1.165, 1.54) is 0 Å². The molecule has 0 amide bonds. The number of halogens is 1. The summed E-state index contributed by atoms with van der Waals surface area (Å²) in [5.41, 5.74) is 1.77. The molecule has 0 aromatic heterocycles. The second-order valence-electron chi connectivity index (χ2n) is 4.68. The standard InChI is InChI=1S/C16H15ClO3/c17-13-9-5-4-8-12(13)15-14(10-18)19-16(20-15)11-6-2-1-3-7-11/h1-9,14-16,18H,10H2/t14-,15+,16?/m0/s1. The number of rotatable bonds is 3. The van der Waals surface area contributed by atoms with Crippen molar-refractivity contribution in [2.75, 3.05) is 6.61 Å². The van der Waals surface area contributed by atoms with Crippen molar-refractivity contribution >= 4 is 11.6 Å². The van der Waals surface area contributed by atoms with Gasteiger partial charge in [0.1, 0.15) is 12.2 Å². The lowest BCUT2D eigenvalue weighted by Gasteiger charge is -2.15. The van der Waals surface area contributed by atoms with Crippen LogP contribution in [-0.2, 0) is 9.47 Å². The summed E-state index contributed by atoms with van der Waals surface area (Å²) < 4.78 is 11.7. The van der Waals surface area contributed by atoms with Crippen LogP contribution in [0, 0.1) is 0 Å². The van der Waals surface area contributed by atoms with E-state index in [-0.39, 0.29) is 12.7 Å². The molecule has 104 valence electrons. The van der Waals surface area contributed by atoms with Crippen LogP contribution in [0.5, 0.6) is 0 Å². The van der Waals surface area contributed by atoms with Gasteiger partial charge in [-0.15, -0.1) is 0 Å². The predicted octanol–water partition coefficient (Wildman–Crippen LogP) is 3.49. The molecule has 0 aliphatic carbocycles. The van der Waals surface area contributed by atoms with Crippen molar-refractivity contribution < 1.29 is 14.6 Å². The molecule has 4 heteroatoms. The zero-order chi connectivity index (χ0) is 13.9. The van der Waals surface area contributed by atoms with Gasteiger partial charge in [-0.2, -0.15) is 0 Å². The Bertz CT molecular complexity index is 573. The quantitative estimate of drug-likeness (QED) is 0.940. The Morgan fingerprint density at radius 2 is 1.65 bits per heavy atom. The van der Waals surface area contributed by atoms with E-state index in [4.69, 9.17) is 21.1 Å². The molecule has 3 atom stereocenters. The molecule has 1 fully saturated rings. The highest BCUT2D eigenvalue weighted by Crippen LogP contribution is 2.41. The van der Waals surface area contributed by atoms with Crippen LogP contribution in [0.3, 0.4) is 0 Å². The van der Waals surface area contributed by atoms with Gasteiger partial charge in [-0.3, -0.25) is 0 Å². The van der Waals surface area contributed by atoms with Gasteiger partial charge in [-0.25, -0.2) is 0 Å². The van der Waals surface area contributed by atoms with E-state index in [9.17, 15) is 5.11 Å². The molecule has 2 aromatic carbocycles. The highest BCUT2D eigenvalue weighted by molar-refractivity contribution is 6.31. The topological polar surface area (TPSA) is 38.7 Å². The molecule has 20 heavy (non-hydrogen) atoms. The summed E-state index contributed by atoms with van der Waals surface area (Å²) in [5.74, 6) is 0. The number of hydrogen-bond donors (Lipinski definition) is 1. The van der Waals surface area contributed by atoms with E-state index in [0.717, 1.165) is 11.1 Å². The molecule has 2 aromatic rings. The second kappa shape index (κ2) is 5.94. The lowest BCUT2D eigenvalue weighted by molar-refractivity contribution is -0.0739. The molecule has 3 rings (SSSR count). The highest BCUT2D eigenvalue weighted by atomic mass is 35.5. The van der Waals surface area contributed by atoms with Crippen molar-refractivity contribution in [3.8, 4) is 0 Å². The molecule has 1 heterocycles. The van der Waals surface area contributed by atoms with Crippen LogP contribution in [0.1, 0.15) is 23.5 Å². The molecular weight excluding hydrogens is 276 g/mol. The molecule has 1 unspecified atom stereocenters. The molecular formula is C16H15ClO3. The smallest absolute Gasteiger partial charge is 0.185 e. The number of aliphatic hydroxyl groups excluding tert-OH is 1. The van der Waals surface area contributed by atoms with Crippen LogP contribution in [0.4, 0.5) is 0 Å². The monoisotopic (exact) mass is 290 g/mol. The third-order valence-corrected chi connectivity index (χ3v) is 3.71. The van der Waals surface area contributed by atoms with Crippen molar-refractivity contribution in [1.29, 1.82) is 0 Å². The number of hydrogen-bond acceptors (Lipinski definition) is 3. The van der Waals surface area contributed by atoms with E-state index >= 15 is 0 Å². The van der Waals surface area contributed by atoms with Crippen LogP contribution in [0.2, 0.25) is 5.02 Å². The summed E-state index contributed by atoms with van der Waals surface area (Å²) in [6.07, 6.45) is -1.26. The third-order valence-electron chi connectivity index (χ3n) is 3.37. The van der Waals surface area contributed by atoms with E-state index in [0.29, 0.717) is 5.02 Å². The van der Waals surface area contributed by atoms with Gasteiger partial charge < -0.3 is 14.6 Å². The molecule has 0 saturated carbocycles. The molecule has 0 spiro atoms. The summed E-state index contributed by atoms with van der Waals surface area (Å²) in [6.45, 7) is -0.112. The molecule has 1 aliphatic heterocycles.